The summed E-state index contributed by atoms with van der Waals surface area (Å²) < 4.78 is 16.5. The summed E-state index contributed by atoms with van der Waals surface area (Å²) in [5.74, 6) is 0.622. The molecule has 2 aliphatic rings. The Balaban J connectivity index is 1.94. The van der Waals surface area contributed by atoms with Gasteiger partial charge in [0.05, 0.1) is 12.7 Å². The lowest BCUT2D eigenvalue weighted by molar-refractivity contribution is -0.272. The molecule has 2 heterocycles. The number of hydrogen-bond donors (Lipinski definition) is 0. The SMILES string of the molecule is CC1OC[C@@H]2OC[C@@H](C)C[C@@H]2O1. The van der Waals surface area contributed by atoms with Gasteiger partial charge in [-0.15, -0.1) is 0 Å². The maximum atomic E-state index is 5.61. The van der Waals surface area contributed by atoms with E-state index in [1.165, 1.54) is 0 Å². The van der Waals surface area contributed by atoms with Crippen molar-refractivity contribution >= 4 is 0 Å². The minimum Gasteiger partial charge on any atom is -0.373 e. The highest BCUT2D eigenvalue weighted by molar-refractivity contribution is 4.80. The van der Waals surface area contributed by atoms with Gasteiger partial charge in [-0.1, -0.05) is 6.92 Å². The number of rotatable bonds is 0. The fraction of sp³-hybridized carbons (Fsp3) is 1.00. The third kappa shape index (κ3) is 1.63. The molecule has 0 saturated carbocycles. The number of fused-ring (bicyclic) bond motifs is 1. The van der Waals surface area contributed by atoms with Gasteiger partial charge < -0.3 is 14.2 Å². The van der Waals surface area contributed by atoms with Crippen molar-refractivity contribution in [2.24, 2.45) is 5.92 Å². The van der Waals surface area contributed by atoms with Gasteiger partial charge in [0.1, 0.15) is 6.10 Å². The summed E-state index contributed by atoms with van der Waals surface area (Å²) in [6.07, 6.45) is 1.49. The first kappa shape index (κ1) is 8.48. The molecule has 0 aromatic heterocycles. The maximum Gasteiger partial charge on any atom is 0.155 e. The molecule has 3 heteroatoms. The highest BCUT2D eigenvalue weighted by Crippen LogP contribution is 2.26. The van der Waals surface area contributed by atoms with Crippen molar-refractivity contribution in [3.8, 4) is 0 Å². The minimum atomic E-state index is -0.0554. The van der Waals surface area contributed by atoms with Gasteiger partial charge in [-0.05, 0) is 19.3 Å². The molecule has 3 nitrogen and oxygen atoms in total. The van der Waals surface area contributed by atoms with Gasteiger partial charge >= 0.3 is 0 Å². The second-order valence-corrected chi connectivity index (χ2v) is 3.79. The van der Waals surface area contributed by atoms with Crippen molar-refractivity contribution in [3.63, 3.8) is 0 Å². The molecule has 0 aliphatic carbocycles. The Bertz CT molecular complexity index is 144. The summed E-state index contributed by atoms with van der Waals surface area (Å²) in [7, 11) is 0. The largest absolute Gasteiger partial charge is 0.373 e. The van der Waals surface area contributed by atoms with Gasteiger partial charge in [-0.3, -0.25) is 0 Å². The normalized spacial score (nSPS) is 48.5. The Labute approximate surface area is 73.0 Å². The van der Waals surface area contributed by atoms with Crippen LogP contribution in [-0.4, -0.2) is 31.7 Å². The Hall–Kier alpha value is -0.120. The first-order valence-electron chi connectivity index (χ1n) is 4.64. The molecule has 0 amide bonds. The second-order valence-electron chi connectivity index (χ2n) is 3.79. The zero-order valence-electron chi connectivity index (χ0n) is 7.66. The average molecular weight is 172 g/mol. The van der Waals surface area contributed by atoms with Crippen LogP contribution in [0.4, 0.5) is 0 Å². The van der Waals surface area contributed by atoms with Crippen molar-refractivity contribution in [3.05, 3.63) is 0 Å². The lowest BCUT2D eigenvalue weighted by atomic mass is 9.97. The van der Waals surface area contributed by atoms with Crippen LogP contribution >= 0.6 is 0 Å². The Morgan fingerprint density at radius 2 is 1.83 bits per heavy atom. The number of hydrogen-bond acceptors (Lipinski definition) is 3. The molecule has 4 atom stereocenters. The summed E-state index contributed by atoms with van der Waals surface area (Å²) >= 11 is 0. The molecule has 1 unspecified atom stereocenters. The van der Waals surface area contributed by atoms with Crippen molar-refractivity contribution in [1.82, 2.24) is 0 Å². The van der Waals surface area contributed by atoms with Crippen LogP contribution in [0.3, 0.4) is 0 Å². The van der Waals surface area contributed by atoms with E-state index in [1.807, 2.05) is 6.92 Å². The predicted molar refractivity (Wildman–Crippen MR) is 43.8 cm³/mol. The smallest absolute Gasteiger partial charge is 0.155 e. The standard InChI is InChI=1S/C9H16O3/c1-6-3-8-9(11-4-6)5-10-7(2)12-8/h6-9H,3-5H2,1-2H3/t6-,7?,8-,9-/m0/s1. The molecule has 2 saturated heterocycles. The first-order valence-corrected chi connectivity index (χ1v) is 4.64. The van der Waals surface area contributed by atoms with E-state index < -0.39 is 0 Å². The third-order valence-electron chi connectivity index (χ3n) is 2.51. The molecule has 12 heavy (non-hydrogen) atoms. The van der Waals surface area contributed by atoms with Gasteiger partial charge in [0, 0.05) is 6.61 Å². The van der Waals surface area contributed by atoms with E-state index in [0.717, 1.165) is 13.0 Å². The fourth-order valence-electron chi connectivity index (χ4n) is 1.83. The molecule has 2 fully saturated rings. The number of ether oxygens (including phenoxy) is 3. The van der Waals surface area contributed by atoms with E-state index in [0.29, 0.717) is 12.5 Å². The van der Waals surface area contributed by atoms with Gasteiger partial charge in [0.25, 0.3) is 0 Å². The lowest BCUT2D eigenvalue weighted by Crippen LogP contribution is -2.48. The van der Waals surface area contributed by atoms with E-state index in [4.69, 9.17) is 14.2 Å². The van der Waals surface area contributed by atoms with Crippen molar-refractivity contribution in [2.45, 2.75) is 38.8 Å². The van der Waals surface area contributed by atoms with Crippen LogP contribution in [0.1, 0.15) is 20.3 Å². The predicted octanol–water partition coefficient (Wildman–Crippen LogP) is 1.17. The van der Waals surface area contributed by atoms with E-state index in [-0.39, 0.29) is 18.5 Å². The summed E-state index contributed by atoms with van der Waals surface area (Å²) in [5, 5.41) is 0. The van der Waals surface area contributed by atoms with Crippen LogP contribution in [0.2, 0.25) is 0 Å². The molecule has 0 spiro atoms. The topological polar surface area (TPSA) is 27.7 Å². The van der Waals surface area contributed by atoms with Crippen LogP contribution in [-0.2, 0) is 14.2 Å². The highest BCUT2D eigenvalue weighted by Gasteiger charge is 2.35. The molecule has 0 radical (unpaired) electrons. The van der Waals surface area contributed by atoms with E-state index >= 15 is 0 Å². The van der Waals surface area contributed by atoms with Crippen molar-refractivity contribution in [2.75, 3.05) is 13.2 Å². The molecule has 0 bridgehead atoms. The van der Waals surface area contributed by atoms with Crippen LogP contribution in [0.15, 0.2) is 0 Å². The summed E-state index contributed by atoms with van der Waals surface area (Å²) in [6, 6.07) is 0. The lowest BCUT2D eigenvalue weighted by Gasteiger charge is -2.40. The quantitative estimate of drug-likeness (QED) is 0.549. The third-order valence-corrected chi connectivity index (χ3v) is 2.51. The zero-order chi connectivity index (χ0) is 8.55. The first-order chi connectivity index (χ1) is 5.75. The Morgan fingerprint density at radius 1 is 1.00 bits per heavy atom. The van der Waals surface area contributed by atoms with Gasteiger partial charge in [0.2, 0.25) is 0 Å². The highest BCUT2D eigenvalue weighted by atomic mass is 16.7. The molecule has 70 valence electrons. The fourth-order valence-corrected chi connectivity index (χ4v) is 1.83. The zero-order valence-corrected chi connectivity index (χ0v) is 7.66. The molecule has 0 N–H and O–H groups in total. The van der Waals surface area contributed by atoms with Gasteiger partial charge in [0.15, 0.2) is 6.29 Å². The van der Waals surface area contributed by atoms with Crippen molar-refractivity contribution < 1.29 is 14.2 Å². The van der Waals surface area contributed by atoms with E-state index in [1.54, 1.807) is 0 Å². The maximum absolute atomic E-state index is 5.61. The molecule has 0 aromatic carbocycles. The Morgan fingerprint density at radius 3 is 2.67 bits per heavy atom. The minimum absolute atomic E-state index is 0.0554. The van der Waals surface area contributed by atoms with E-state index in [2.05, 4.69) is 6.92 Å². The molecule has 2 aliphatic heterocycles. The average Bonchev–Trinajstić information content (AvgIpc) is 2.03. The van der Waals surface area contributed by atoms with Crippen LogP contribution in [0.5, 0.6) is 0 Å². The monoisotopic (exact) mass is 172 g/mol. The molecule has 0 aromatic rings. The summed E-state index contributed by atoms with van der Waals surface area (Å²) in [5.41, 5.74) is 0. The second kappa shape index (κ2) is 3.32. The summed E-state index contributed by atoms with van der Waals surface area (Å²) in [6.45, 7) is 5.68. The van der Waals surface area contributed by atoms with E-state index in [9.17, 15) is 0 Å². The van der Waals surface area contributed by atoms with Gasteiger partial charge in [-0.2, -0.15) is 0 Å². The molecule has 2 rings (SSSR count). The Kier molecular flexibility index (Phi) is 2.35. The van der Waals surface area contributed by atoms with Crippen LogP contribution in [0, 0.1) is 5.92 Å². The summed E-state index contributed by atoms with van der Waals surface area (Å²) in [4.78, 5) is 0. The van der Waals surface area contributed by atoms with Crippen LogP contribution < -0.4 is 0 Å². The van der Waals surface area contributed by atoms with Crippen molar-refractivity contribution in [1.29, 1.82) is 0 Å². The molecular weight excluding hydrogens is 156 g/mol. The molecular formula is C9H16O3. The van der Waals surface area contributed by atoms with Crippen LogP contribution in [0.25, 0.3) is 0 Å². The van der Waals surface area contributed by atoms with Gasteiger partial charge in [-0.25, -0.2) is 0 Å².